The smallest absolute Gasteiger partial charge is 0.238 e. The lowest BCUT2D eigenvalue weighted by Gasteiger charge is -2.43. The summed E-state index contributed by atoms with van der Waals surface area (Å²) in [6.45, 7) is 4.81. The van der Waals surface area contributed by atoms with Crippen LogP contribution in [-0.4, -0.2) is 60.3 Å². The van der Waals surface area contributed by atoms with Crippen LogP contribution in [0.3, 0.4) is 0 Å². The molecule has 186 valence electrons. The zero-order valence-corrected chi connectivity index (χ0v) is 21.3. The topological polar surface area (TPSA) is 60.5 Å². The molecule has 1 unspecified atom stereocenters. The van der Waals surface area contributed by atoms with Gasteiger partial charge in [0.25, 0.3) is 0 Å². The van der Waals surface area contributed by atoms with Crippen molar-refractivity contribution in [3.63, 3.8) is 0 Å². The van der Waals surface area contributed by atoms with E-state index in [4.69, 9.17) is 0 Å². The van der Waals surface area contributed by atoms with Gasteiger partial charge in [-0.3, -0.25) is 20.0 Å². The Balaban J connectivity index is 1.02. The van der Waals surface area contributed by atoms with Crippen molar-refractivity contribution in [3.8, 4) is 0 Å². The molecule has 2 N–H and O–H groups in total. The summed E-state index contributed by atoms with van der Waals surface area (Å²) in [5.74, 6) is 0.892. The number of hydrogen-bond acceptors (Lipinski definition) is 6. The Morgan fingerprint density at radius 2 is 1.92 bits per heavy atom. The molecular weight excluding hydrogens is 466 g/mol. The van der Waals surface area contributed by atoms with E-state index in [-0.39, 0.29) is 17.3 Å². The van der Waals surface area contributed by atoms with E-state index in [1.807, 2.05) is 12.3 Å². The first-order valence-corrected chi connectivity index (χ1v) is 14.0. The van der Waals surface area contributed by atoms with Gasteiger partial charge in [0, 0.05) is 50.0 Å². The largest absolute Gasteiger partial charge is 0.362 e. The maximum absolute atomic E-state index is 12.7. The number of piperazine rings is 1. The number of carbonyl (C=O) groups excluding carboxylic acids is 1. The van der Waals surface area contributed by atoms with Gasteiger partial charge in [-0.25, -0.2) is 0 Å². The lowest BCUT2D eigenvalue weighted by Crippen LogP contribution is -2.49. The molecule has 0 bridgehead atoms. The number of nitrogens with one attached hydrogen (secondary N) is 2. The molecule has 2 fully saturated rings. The van der Waals surface area contributed by atoms with Crippen LogP contribution < -0.4 is 15.5 Å². The van der Waals surface area contributed by atoms with Gasteiger partial charge in [0.05, 0.1) is 17.5 Å². The van der Waals surface area contributed by atoms with E-state index in [1.165, 1.54) is 22.4 Å². The van der Waals surface area contributed by atoms with Crippen LogP contribution in [0.2, 0.25) is 0 Å². The van der Waals surface area contributed by atoms with Gasteiger partial charge < -0.3 is 10.2 Å². The highest BCUT2D eigenvalue weighted by Gasteiger charge is 2.33. The van der Waals surface area contributed by atoms with E-state index >= 15 is 0 Å². The number of thioether (sulfide) groups is 1. The summed E-state index contributed by atoms with van der Waals surface area (Å²) in [5, 5.41) is 6.75. The number of aromatic nitrogens is 1. The molecule has 2 saturated heterocycles. The fourth-order valence-corrected chi connectivity index (χ4v) is 6.97. The number of nitrogens with zero attached hydrogens (tertiary/aromatic N) is 3. The molecule has 36 heavy (non-hydrogen) atoms. The predicted molar refractivity (Wildman–Crippen MR) is 146 cm³/mol. The van der Waals surface area contributed by atoms with Crippen molar-refractivity contribution in [1.29, 1.82) is 0 Å². The van der Waals surface area contributed by atoms with Crippen LogP contribution in [-0.2, 0) is 11.2 Å². The molecule has 6 rings (SSSR count). The summed E-state index contributed by atoms with van der Waals surface area (Å²) in [6.07, 6.45) is 5.61. The van der Waals surface area contributed by atoms with Gasteiger partial charge >= 0.3 is 0 Å². The Labute approximate surface area is 217 Å². The number of carbonyl (C=O) groups is 1. The molecule has 3 atom stereocenters. The summed E-state index contributed by atoms with van der Waals surface area (Å²) in [7, 11) is 0. The Hall–Kier alpha value is -2.87. The number of pyridine rings is 1. The number of benzene rings is 2. The fraction of sp³-hybridized carbons (Fsp3) is 0.379. The van der Waals surface area contributed by atoms with Crippen molar-refractivity contribution < 1.29 is 4.79 Å². The van der Waals surface area contributed by atoms with Crippen LogP contribution in [0, 0.1) is 0 Å². The molecule has 2 aromatic carbocycles. The highest BCUT2D eigenvalue weighted by atomic mass is 32.2. The fourth-order valence-electron chi connectivity index (χ4n) is 5.75. The van der Waals surface area contributed by atoms with Crippen LogP contribution in [0.25, 0.3) is 0 Å². The van der Waals surface area contributed by atoms with Crippen molar-refractivity contribution in [1.82, 2.24) is 20.5 Å². The average molecular weight is 500 g/mol. The predicted octanol–water partition coefficient (Wildman–Crippen LogP) is 3.76. The minimum atomic E-state index is -0.147. The van der Waals surface area contributed by atoms with E-state index in [1.54, 1.807) is 18.0 Å². The van der Waals surface area contributed by atoms with Gasteiger partial charge in [-0.2, -0.15) is 0 Å². The molecule has 1 aromatic heterocycles. The van der Waals surface area contributed by atoms with Gasteiger partial charge in [0.15, 0.2) is 0 Å². The molecule has 6 nitrogen and oxygen atoms in total. The third-order valence-corrected chi connectivity index (χ3v) is 8.86. The Bertz CT molecular complexity index is 1210. The van der Waals surface area contributed by atoms with Crippen LogP contribution in [0.15, 0.2) is 73.1 Å². The van der Waals surface area contributed by atoms with Crippen molar-refractivity contribution in [3.05, 3.63) is 95.3 Å². The minimum absolute atomic E-state index is 0.105. The number of amides is 1. The summed E-state index contributed by atoms with van der Waals surface area (Å²) >= 11 is 1.77. The maximum atomic E-state index is 12.7. The Morgan fingerprint density at radius 1 is 1.06 bits per heavy atom. The molecule has 0 saturated carbocycles. The van der Waals surface area contributed by atoms with Crippen molar-refractivity contribution in [2.75, 3.05) is 43.4 Å². The highest BCUT2D eigenvalue weighted by molar-refractivity contribution is 7.99. The van der Waals surface area contributed by atoms with Crippen LogP contribution >= 0.6 is 11.8 Å². The Kier molecular flexibility index (Phi) is 6.94. The average Bonchev–Trinajstić information content (AvgIpc) is 3.38. The van der Waals surface area contributed by atoms with Gasteiger partial charge in [-0.1, -0.05) is 48.5 Å². The summed E-state index contributed by atoms with van der Waals surface area (Å²) in [6, 6.07) is 22.1. The first-order valence-electron chi connectivity index (χ1n) is 13.0. The second-order valence-electron chi connectivity index (χ2n) is 9.88. The lowest BCUT2D eigenvalue weighted by atomic mass is 9.96. The van der Waals surface area contributed by atoms with Crippen LogP contribution in [0.1, 0.15) is 40.1 Å². The molecule has 0 spiro atoms. The number of hydrogen-bond donors (Lipinski definition) is 2. The SMILES string of the molecule is O=C(NCCCN1CCN2c3ccccc3Cc3ccccc3[C@@H]2C1)[C@@H]1CSC(c2cccnc2)N1. The first kappa shape index (κ1) is 23.5. The van der Waals surface area contributed by atoms with Gasteiger partial charge in [0.2, 0.25) is 5.91 Å². The molecule has 1 amide bonds. The number of para-hydroxylation sites is 1. The van der Waals surface area contributed by atoms with E-state index in [0.29, 0.717) is 12.6 Å². The second kappa shape index (κ2) is 10.6. The van der Waals surface area contributed by atoms with Crippen LogP contribution in [0.5, 0.6) is 0 Å². The second-order valence-corrected chi connectivity index (χ2v) is 11.0. The van der Waals surface area contributed by atoms with E-state index in [2.05, 4.69) is 80.0 Å². The lowest BCUT2D eigenvalue weighted by molar-refractivity contribution is -0.122. The first-order chi connectivity index (χ1) is 17.8. The third kappa shape index (κ3) is 4.88. The molecule has 4 heterocycles. The van der Waals surface area contributed by atoms with Crippen molar-refractivity contribution in [2.24, 2.45) is 0 Å². The number of anilines is 1. The van der Waals surface area contributed by atoms with Crippen molar-refractivity contribution in [2.45, 2.75) is 30.3 Å². The standard InChI is InChI=1S/C29H33N5OS/c35-28(25-20-36-29(32-25)23-9-5-12-30-18-23)31-13-6-14-33-15-16-34-26-11-4-2-8-22(26)17-21-7-1-3-10-24(21)27(34)19-33/h1-5,7-12,18,25,27,29,32H,6,13-17,19-20H2,(H,31,35)/t25-,27-,29?/m0/s1. The zero-order valence-electron chi connectivity index (χ0n) is 20.5. The molecule has 3 aliphatic heterocycles. The number of rotatable bonds is 6. The van der Waals surface area contributed by atoms with E-state index in [9.17, 15) is 4.79 Å². The van der Waals surface area contributed by atoms with Crippen molar-refractivity contribution >= 4 is 23.4 Å². The zero-order chi connectivity index (χ0) is 24.3. The number of fused-ring (bicyclic) bond motifs is 5. The summed E-state index contributed by atoms with van der Waals surface area (Å²) in [5.41, 5.74) is 6.84. The normalized spacial score (nSPS) is 23.3. The quantitative estimate of drug-likeness (QED) is 0.504. The molecule has 0 radical (unpaired) electrons. The molecular formula is C29H33N5OS. The van der Waals surface area contributed by atoms with E-state index < -0.39 is 0 Å². The van der Waals surface area contributed by atoms with Gasteiger partial charge in [-0.05, 0) is 53.8 Å². The minimum Gasteiger partial charge on any atom is -0.362 e. The monoisotopic (exact) mass is 499 g/mol. The van der Waals surface area contributed by atoms with E-state index in [0.717, 1.165) is 50.3 Å². The van der Waals surface area contributed by atoms with Gasteiger partial charge in [-0.15, -0.1) is 11.8 Å². The molecule has 3 aromatic rings. The highest BCUT2D eigenvalue weighted by Crippen LogP contribution is 2.39. The summed E-state index contributed by atoms with van der Waals surface area (Å²) < 4.78 is 0. The summed E-state index contributed by atoms with van der Waals surface area (Å²) in [4.78, 5) is 22.1. The molecule has 3 aliphatic rings. The maximum Gasteiger partial charge on any atom is 0.238 e. The van der Waals surface area contributed by atoms with Gasteiger partial charge in [0.1, 0.15) is 0 Å². The molecule has 7 heteroatoms. The molecule has 0 aliphatic carbocycles. The van der Waals surface area contributed by atoms with Crippen LogP contribution in [0.4, 0.5) is 5.69 Å². The Morgan fingerprint density at radius 3 is 2.81 bits per heavy atom. The third-order valence-electron chi connectivity index (χ3n) is 7.60.